The zero-order valence-corrected chi connectivity index (χ0v) is 14.9. The van der Waals surface area contributed by atoms with E-state index in [0.29, 0.717) is 19.7 Å². The summed E-state index contributed by atoms with van der Waals surface area (Å²) < 4.78 is 5.57. The average Bonchev–Trinajstić information content (AvgIpc) is 2.62. The fourth-order valence-corrected chi connectivity index (χ4v) is 3.56. The van der Waals surface area contributed by atoms with Crippen molar-refractivity contribution in [2.45, 2.75) is 38.0 Å². The Morgan fingerprint density at radius 1 is 1.29 bits per heavy atom. The first-order valence-corrected chi connectivity index (χ1v) is 8.53. The number of carbonyl (C=O) groups is 1. The second kappa shape index (κ2) is 8.81. The number of hydrogen-bond donors (Lipinski definition) is 2. The fraction of sp³-hybridized carbons (Fsp3) is 0.611. The van der Waals surface area contributed by atoms with E-state index in [1.807, 2.05) is 42.2 Å². The summed E-state index contributed by atoms with van der Waals surface area (Å²) in [6, 6.07) is 9.55. The molecule has 6 heteroatoms. The van der Waals surface area contributed by atoms with E-state index in [1.165, 1.54) is 0 Å². The summed E-state index contributed by atoms with van der Waals surface area (Å²) in [5.74, 6) is 0.347. The molecule has 2 heterocycles. The third-order valence-corrected chi connectivity index (χ3v) is 5.02. The largest absolute Gasteiger partial charge is 0.388 e. The summed E-state index contributed by atoms with van der Waals surface area (Å²) in [5, 5.41) is 13.8. The molecule has 0 bridgehead atoms. The number of hydrogen-bond acceptors (Lipinski definition) is 4. The van der Waals surface area contributed by atoms with Crippen LogP contribution in [0, 0.1) is 5.92 Å². The van der Waals surface area contributed by atoms with Crippen LogP contribution >= 0.6 is 12.4 Å². The lowest BCUT2D eigenvalue weighted by Crippen LogP contribution is -2.57. The molecule has 5 nitrogen and oxygen atoms in total. The molecule has 1 amide bonds. The van der Waals surface area contributed by atoms with Crippen molar-refractivity contribution in [2.75, 3.05) is 26.2 Å². The molecule has 24 heavy (non-hydrogen) atoms. The van der Waals surface area contributed by atoms with Crippen molar-refractivity contribution >= 4 is 18.3 Å². The topological polar surface area (TPSA) is 61.8 Å². The van der Waals surface area contributed by atoms with E-state index in [0.717, 1.165) is 24.9 Å². The first-order chi connectivity index (χ1) is 11.2. The summed E-state index contributed by atoms with van der Waals surface area (Å²) in [6.07, 6.45) is 1.15. The van der Waals surface area contributed by atoms with Gasteiger partial charge in [-0.05, 0) is 31.2 Å². The molecule has 0 spiro atoms. The Balaban J connectivity index is 0.00000208. The lowest BCUT2D eigenvalue weighted by atomic mass is 9.87. The number of rotatable bonds is 3. The second-order valence-corrected chi connectivity index (χ2v) is 6.53. The molecule has 2 aliphatic heterocycles. The van der Waals surface area contributed by atoms with Crippen LogP contribution in [-0.2, 0) is 9.53 Å². The van der Waals surface area contributed by atoms with Gasteiger partial charge in [-0.15, -0.1) is 12.4 Å². The van der Waals surface area contributed by atoms with Crippen molar-refractivity contribution in [1.82, 2.24) is 10.2 Å². The van der Waals surface area contributed by atoms with Crippen LogP contribution in [0.5, 0.6) is 0 Å². The minimum absolute atomic E-state index is 0. The Kier molecular flexibility index (Phi) is 7.04. The number of amides is 1. The molecule has 2 fully saturated rings. The number of aliphatic hydroxyl groups excluding tert-OH is 1. The van der Waals surface area contributed by atoms with Gasteiger partial charge in [0.2, 0.25) is 5.91 Å². The molecule has 1 aromatic rings. The van der Waals surface area contributed by atoms with Gasteiger partial charge in [0.15, 0.2) is 0 Å². The van der Waals surface area contributed by atoms with Crippen LogP contribution < -0.4 is 5.32 Å². The smallest absolute Gasteiger partial charge is 0.242 e. The Morgan fingerprint density at radius 3 is 2.58 bits per heavy atom. The second-order valence-electron chi connectivity index (χ2n) is 6.53. The first-order valence-electron chi connectivity index (χ1n) is 8.53. The highest BCUT2D eigenvalue weighted by molar-refractivity contribution is 5.85. The Morgan fingerprint density at radius 2 is 1.96 bits per heavy atom. The lowest BCUT2D eigenvalue weighted by Gasteiger charge is -2.38. The van der Waals surface area contributed by atoms with Crippen LogP contribution in [-0.4, -0.2) is 54.3 Å². The number of ether oxygens (including phenoxy) is 1. The van der Waals surface area contributed by atoms with Gasteiger partial charge in [0.1, 0.15) is 6.04 Å². The van der Waals surface area contributed by atoms with E-state index >= 15 is 0 Å². The third kappa shape index (κ3) is 4.28. The predicted octanol–water partition coefficient (Wildman–Crippen LogP) is 1.76. The molecule has 2 saturated heterocycles. The van der Waals surface area contributed by atoms with Crippen molar-refractivity contribution in [3.8, 4) is 0 Å². The third-order valence-electron chi connectivity index (χ3n) is 5.02. The summed E-state index contributed by atoms with van der Waals surface area (Å²) >= 11 is 0. The van der Waals surface area contributed by atoms with Crippen LogP contribution in [0.15, 0.2) is 30.3 Å². The average molecular weight is 355 g/mol. The molecule has 1 aromatic carbocycles. The summed E-state index contributed by atoms with van der Waals surface area (Å²) in [6.45, 7) is 4.75. The van der Waals surface area contributed by atoms with Gasteiger partial charge in [-0.1, -0.05) is 30.3 Å². The molecule has 1 unspecified atom stereocenters. The van der Waals surface area contributed by atoms with Gasteiger partial charge in [-0.3, -0.25) is 4.79 Å². The van der Waals surface area contributed by atoms with Crippen LogP contribution in [0.4, 0.5) is 0 Å². The summed E-state index contributed by atoms with van der Waals surface area (Å²) in [5.41, 5.74) is 0.966. The Labute approximate surface area is 149 Å². The van der Waals surface area contributed by atoms with Crippen molar-refractivity contribution in [2.24, 2.45) is 5.92 Å². The van der Waals surface area contributed by atoms with E-state index in [-0.39, 0.29) is 36.4 Å². The molecule has 0 aromatic heterocycles. The fourth-order valence-electron chi connectivity index (χ4n) is 3.56. The van der Waals surface area contributed by atoms with Crippen molar-refractivity contribution in [1.29, 1.82) is 0 Å². The van der Waals surface area contributed by atoms with E-state index in [9.17, 15) is 9.90 Å². The van der Waals surface area contributed by atoms with Gasteiger partial charge < -0.3 is 20.1 Å². The zero-order chi connectivity index (χ0) is 16.2. The maximum absolute atomic E-state index is 12.6. The maximum atomic E-state index is 12.6. The highest BCUT2D eigenvalue weighted by Crippen LogP contribution is 2.30. The highest BCUT2D eigenvalue weighted by atomic mass is 35.5. The normalized spacial score (nSPS) is 26.5. The number of aliphatic hydroxyl groups is 1. The molecule has 3 rings (SSSR count). The minimum atomic E-state index is -0.441. The van der Waals surface area contributed by atoms with Gasteiger partial charge in [0, 0.05) is 19.6 Å². The van der Waals surface area contributed by atoms with Gasteiger partial charge in [-0.2, -0.15) is 0 Å². The first kappa shape index (κ1) is 19.2. The SMILES string of the molecule is C[C@H]1OCCN[C@@H]1C(=O)N1CCC(C(O)c2ccccc2)CC1.Cl. The van der Waals surface area contributed by atoms with E-state index < -0.39 is 6.10 Å². The number of benzene rings is 1. The molecular weight excluding hydrogens is 328 g/mol. The number of piperidine rings is 1. The zero-order valence-electron chi connectivity index (χ0n) is 14.1. The molecule has 0 radical (unpaired) electrons. The standard InChI is InChI=1S/C18H26N2O3.ClH/c1-13-16(19-9-12-23-13)18(22)20-10-7-15(8-11-20)17(21)14-5-3-2-4-6-14;/h2-6,13,15-17,19,21H,7-12H2,1H3;1H/t13-,16+,17?;/m1./s1. The van der Waals surface area contributed by atoms with Gasteiger partial charge in [0.05, 0.1) is 18.8 Å². The quantitative estimate of drug-likeness (QED) is 0.868. The van der Waals surface area contributed by atoms with Crippen molar-refractivity contribution in [3.63, 3.8) is 0 Å². The number of nitrogens with one attached hydrogen (secondary N) is 1. The molecular formula is C18H27ClN2O3. The lowest BCUT2D eigenvalue weighted by molar-refractivity contribution is -0.141. The number of morpholine rings is 1. The summed E-state index contributed by atoms with van der Waals surface area (Å²) in [4.78, 5) is 14.5. The molecule has 3 atom stereocenters. The molecule has 2 N–H and O–H groups in total. The Hall–Kier alpha value is -1.14. The van der Waals surface area contributed by atoms with E-state index in [4.69, 9.17) is 4.74 Å². The van der Waals surface area contributed by atoms with Crippen molar-refractivity contribution < 1.29 is 14.6 Å². The van der Waals surface area contributed by atoms with E-state index in [1.54, 1.807) is 0 Å². The molecule has 0 aliphatic carbocycles. The number of halogens is 1. The Bertz CT molecular complexity index is 520. The van der Waals surface area contributed by atoms with Crippen molar-refractivity contribution in [3.05, 3.63) is 35.9 Å². The van der Waals surface area contributed by atoms with Gasteiger partial charge >= 0.3 is 0 Å². The molecule has 0 saturated carbocycles. The number of likely N-dealkylation sites (tertiary alicyclic amines) is 1. The highest BCUT2D eigenvalue weighted by Gasteiger charge is 2.34. The van der Waals surface area contributed by atoms with Gasteiger partial charge in [-0.25, -0.2) is 0 Å². The van der Waals surface area contributed by atoms with Crippen LogP contribution in [0.25, 0.3) is 0 Å². The predicted molar refractivity (Wildman–Crippen MR) is 95.2 cm³/mol. The van der Waals surface area contributed by atoms with Crippen LogP contribution in [0.2, 0.25) is 0 Å². The summed E-state index contributed by atoms with van der Waals surface area (Å²) in [7, 11) is 0. The number of carbonyl (C=O) groups excluding carboxylic acids is 1. The van der Waals surface area contributed by atoms with Crippen LogP contribution in [0.1, 0.15) is 31.4 Å². The monoisotopic (exact) mass is 354 g/mol. The van der Waals surface area contributed by atoms with E-state index in [2.05, 4.69) is 5.32 Å². The molecule has 134 valence electrons. The molecule has 2 aliphatic rings. The maximum Gasteiger partial charge on any atom is 0.242 e. The van der Waals surface area contributed by atoms with Crippen LogP contribution in [0.3, 0.4) is 0 Å². The number of nitrogens with zero attached hydrogens (tertiary/aromatic N) is 1. The minimum Gasteiger partial charge on any atom is -0.388 e. The van der Waals surface area contributed by atoms with Gasteiger partial charge in [0.25, 0.3) is 0 Å².